The van der Waals surface area contributed by atoms with E-state index in [1.54, 1.807) is 5.57 Å². The SMILES string of the molecule is CCC1=C(CC)C[C@@H](C)[C@@H](CC(C#N)=C(C#N)C#N)C1. The van der Waals surface area contributed by atoms with Gasteiger partial charge in [0.2, 0.25) is 0 Å². The van der Waals surface area contributed by atoms with Crippen LogP contribution in [0.25, 0.3) is 0 Å². The fraction of sp³-hybridized carbons (Fsp3) is 0.588. The van der Waals surface area contributed by atoms with Crippen molar-refractivity contribution in [2.45, 2.75) is 52.9 Å². The van der Waals surface area contributed by atoms with E-state index < -0.39 is 0 Å². The third-order valence-electron chi connectivity index (χ3n) is 4.36. The summed E-state index contributed by atoms with van der Waals surface area (Å²) in [5.41, 5.74) is 3.38. The Morgan fingerprint density at radius 2 is 1.55 bits per heavy atom. The number of nitriles is 3. The predicted molar refractivity (Wildman–Crippen MR) is 78.0 cm³/mol. The van der Waals surface area contributed by atoms with Crippen LogP contribution in [0.1, 0.15) is 52.9 Å². The van der Waals surface area contributed by atoms with Crippen LogP contribution in [0.15, 0.2) is 22.3 Å². The lowest BCUT2D eigenvalue weighted by atomic mass is 9.72. The normalized spacial score (nSPS) is 21.6. The summed E-state index contributed by atoms with van der Waals surface area (Å²) >= 11 is 0. The molecule has 0 saturated carbocycles. The molecular weight excluding hydrogens is 246 g/mol. The van der Waals surface area contributed by atoms with Crippen molar-refractivity contribution >= 4 is 0 Å². The first-order valence-corrected chi connectivity index (χ1v) is 7.24. The minimum Gasteiger partial charge on any atom is -0.193 e. The van der Waals surface area contributed by atoms with Crippen molar-refractivity contribution in [3.8, 4) is 18.2 Å². The Morgan fingerprint density at radius 3 is 2.00 bits per heavy atom. The van der Waals surface area contributed by atoms with Gasteiger partial charge in [0, 0.05) is 0 Å². The van der Waals surface area contributed by atoms with Crippen LogP contribution in [0.5, 0.6) is 0 Å². The van der Waals surface area contributed by atoms with Crippen molar-refractivity contribution in [1.82, 2.24) is 0 Å². The molecule has 2 atom stereocenters. The molecule has 0 saturated heterocycles. The zero-order valence-electron chi connectivity index (χ0n) is 12.5. The average molecular weight is 267 g/mol. The maximum absolute atomic E-state index is 9.17. The summed E-state index contributed by atoms with van der Waals surface area (Å²) in [6.45, 7) is 6.58. The van der Waals surface area contributed by atoms with Gasteiger partial charge in [0.15, 0.2) is 0 Å². The van der Waals surface area contributed by atoms with E-state index in [1.807, 2.05) is 18.2 Å². The van der Waals surface area contributed by atoms with Crippen LogP contribution >= 0.6 is 0 Å². The van der Waals surface area contributed by atoms with E-state index in [0.29, 0.717) is 23.8 Å². The van der Waals surface area contributed by atoms with Gasteiger partial charge in [0.25, 0.3) is 0 Å². The molecule has 0 unspecified atom stereocenters. The fourth-order valence-corrected chi connectivity index (χ4v) is 3.05. The van der Waals surface area contributed by atoms with Gasteiger partial charge in [-0.2, -0.15) is 15.8 Å². The van der Waals surface area contributed by atoms with Gasteiger partial charge >= 0.3 is 0 Å². The maximum Gasteiger partial charge on any atom is 0.143 e. The van der Waals surface area contributed by atoms with Crippen LogP contribution < -0.4 is 0 Å². The molecule has 0 fully saturated rings. The molecule has 104 valence electrons. The van der Waals surface area contributed by atoms with E-state index in [2.05, 4.69) is 20.8 Å². The zero-order chi connectivity index (χ0) is 15.1. The molecular formula is C17H21N3. The van der Waals surface area contributed by atoms with Crippen LogP contribution in [0.3, 0.4) is 0 Å². The first kappa shape index (κ1) is 16.0. The van der Waals surface area contributed by atoms with Gasteiger partial charge in [-0.3, -0.25) is 0 Å². The Hall–Kier alpha value is -2.05. The molecule has 0 aromatic rings. The molecule has 3 heteroatoms. The molecule has 1 aliphatic rings. The molecule has 20 heavy (non-hydrogen) atoms. The third kappa shape index (κ3) is 3.49. The zero-order valence-corrected chi connectivity index (χ0v) is 12.5. The molecule has 0 amide bonds. The lowest BCUT2D eigenvalue weighted by Gasteiger charge is -2.32. The van der Waals surface area contributed by atoms with Crippen LogP contribution in [0.2, 0.25) is 0 Å². The first-order chi connectivity index (χ1) is 9.60. The molecule has 1 rings (SSSR count). The molecule has 0 spiro atoms. The third-order valence-corrected chi connectivity index (χ3v) is 4.36. The number of allylic oxidation sites excluding steroid dienone is 4. The molecule has 0 bridgehead atoms. The summed E-state index contributed by atoms with van der Waals surface area (Å²) in [6.07, 6.45) is 4.78. The highest BCUT2D eigenvalue weighted by Crippen LogP contribution is 2.39. The van der Waals surface area contributed by atoms with Crippen LogP contribution in [-0.4, -0.2) is 0 Å². The second-order valence-corrected chi connectivity index (χ2v) is 5.45. The van der Waals surface area contributed by atoms with Gasteiger partial charge in [-0.15, -0.1) is 0 Å². The van der Waals surface area contributed by atoms with Crippen molar-refractivity contribution in [2.75, 3.05) is 0 Å². The Balaban J connectivity index is 2.99. The molecule has 0 aromatic carbocycles. The van der Waals surface area contributed by atoms with Crippen molar-refractivity contribution < 1.29 is 0 Å². The standard InChI is InChI=1S/C17H21N3/c1-4-13-6-12(3)15(7-14(13)5-2)8-16(9-18)17(10-19)11-20/h12,15H,4-8H2,1-3H3/t12-,15-/m1/s1. The van der Waals surface area contributed by atoms with Crippen molar-refractivity contribution in [1.29, 1.82) is 15.8 Å². The Bertz CT molecular complexity index is 530. The fourth-order valence-electron chi connectivity index (χ4n) is 3.05. The highest BCUT2D eigenvalue weighted by atomic mass is 14.4. The number of hydrogen-bond acceptors (Lipinski definition) is 3. The smallest absolute Gasteiger partial charge is 0.143 e. The first-order valence-electron chi connectivity index (χ1n) is 7.24. The second kappa shape index (κ2) is 7.52. The number of hydrogen-bond donors (Lipinski definition) is 0. The molecule has 0 N–H and O–H groups in total. The Morgan fingerprint density at radius 1 is 1.00 bits per heavy atom. The van der Waals surface area contributed by atoms with E-state index in [0.717, 1.165) is 25.7 Å². The lowest BCUT2D eigenvalue weighted by Crippen LogP contribution is -2.20. The molecule has 0 aliphatic heterocycles. The van der Waals surface area contributed by atoms with Gasteiger partial charge in [-0.05, 0) is 43.9 Å². The van der Waals surface area contributed by atoms with E-state index >= 15 is 0 Å². The monoisotopic (exact) mass is 267 g/mol. The van der Waals surface area contributed by atoms with Crippen molar-refractivity contribution in [3.63, 3.8) is 0 Å². The molecule has 0 aromatic heterocycles. The summed E-state index contributed by atoms with van der Waals surface area (Å²) in [4.78, 5) is 0. The Labute approximate surface area is 121 Å². The van der Waals surface area contributed by atoms with E-state index in [-0.39, 0.29) is 5.57 Å². The summed E-state index contributed by atoms with van der Waals surface area (Å²) in [7, 11) is 0. The molecule has 0 radical (unpaired) electrons. The van der Waals surface area contributed by atoms with Gasteiger partial charge < -0.3 is 0 Å². The van der Waals surface area contributed by atoms with E-state index in [1.165, 1.54) is 5.57 Å². The highest BCUT2D eigenvalue weighted by molar-refractivity contribution is 5.46. The van der Waals surface area contributed by atoms with Crippen LogP contribution in [0, 0.1) is 45.8 Å². The minimum atomic E-state index is -0.0250. The second-order valence-electron chi connectivity index (χ2n) is 5.45. The molecule has 0 heterocycles. The van der Waals surface area contributed by atoms with Crippen molar-refractivity contribution in [2.24, 2.45) is 11.8 Å². The average Bonchev–Trinajstić information content (AvgIpc) is 2.48. The van der Waals surface area contributed by atoms with Gasteiger partial charge in [0.05, 0.1) is 11.6 Å². The molecule has 1 aliphatic carbocycles. The quantitative estimate of drug-likeness (QED) is 0.559. The van der Waals surface area contributed by atoms with Crippen LogP contribution in [-0.2, 0) is 0 Å². The summed E-state index contributed by atoms with van der Waals surface area (Å²) in [5.74, 6) is 0.869. The van der Waals surface area contributed by atoms with E-state index in [4.69, 9.17) is 10.5 Å². The summed E-state index contributed by atoms with van der Waals surface area (Å²) in [6, 6.07) is 5.72. The summed E-state index contributed by atoms with van der Waals surface area (Å²) in [5, 5.41) is 27.0. The van der Waals surface area contributed by atoms with Gasteiger partial charge in [-0.25, -0.2) is 0 Å². The number of nitrogens with zero attached hydrogens (tertiary/aromatic N) is 3. The lowest BCUT2D eigenvalue weighted by molar-refractivity contribution is 0.323. The van der Waals surface area contributed by atoms with Crippen molar-refractivity contribution in [3.05, 3.63) is 22.3 Å². The van der Waals surface area contributed by atoms with Gasteiger partial charge in [0.1, 0.15) is 17.7 Å². The largest absolute Gasteiger partial charge is 0.193 e. The predicted octanol–water partition coefficient (Wildman–Crippen LogP) is 4.41. The van der Waals surface area contributed by atoms with Crippen LogP contribution in [0.4, 0.5) is 0 Å². The topological polar surface area (TPSA) is 71.4 Å². The van der Waals surface area contributed by atoms with Gasteiger partial charge in [-0.1, -0.05) is 31.9 Å². The highest BCUT2D eigenvalue weighted by Gasteiger charge is 2.27. The summed E-state index contributed by atoms with van der Waals surface area (Å²) < 4.78 is 0. The van der Waals surface area contributed by atoms with E-state index in [9.17, 15) is 5.26 Å². The number of rotatable bonds is 4. The minimum absolute atomic E-state index is 0.0250. The Kier molecular flexibility index (Phi) is 6.02. The molecule has 3 nitrogen and oxygen atoms in total. The maximum atomic E-state index is 9.17.